The molecule has 0 aliphatic carbocycles. The van der Waals surface area contributed by atoms with Crippen LogP contribution in [0.5, 0.6) is 0 Å². The highest BCUT2D eigenvalue weighted by Gasteiger charge is 2.36. The highest BCUT2D eigenvalue weighted by Crippen LogP contribution is 2.36. The van der Waals surface area contributed by atoms with E-state index in [1.165, 1.54) is 13.0 Å². The lowest BCUT2D eigenvalue weighted by Crippen LogP contribution is -2.47. The normalized spacial score (nSPS) is 26.2. The Morgan fingerprint density at radius 2 is 2.05 bits per heavy atom. The highest BCUT2D eigenvalue weighted by atomic mass is 16.1. The van der Waals surface area contributed by atoms with E-state index >= 15 is 0 Å². The zero-order chi connectivity index (χ0) is 13.7. The summed E-state index contributed by atoms with van der Waals surface area (Å²) in [6, 6.07) is 8.26. The smallest absolute Gasteiger partial charge is 0.261 e. The molecule has 104 valence electrons. The van der Waals surface area contributed by atoms with E-state index in [1.54, 1.807) is 0 Å². The Bertz CT molecular complexity index is 721. The lowest BCUT2D eigenvalue weighted by Gasteiger charge is -2.42. The summed E-state index contributed by atoms with van der Waals surface area (Å²) in [5.41, 5.74) is 0.981. The SMILES string of the molecule is CN1CCC[C@@H]2c3nc4ccccc4c(=O)n3CC[C@H]21. The van der Waals surface area contributed by atoms with E-state index < -0.39 is 0 Å². The standard InChI is InChI=1S/C16H19N3O/c1-18-9-4-6-12-14(18)8-10-19-15(12)17-13-7-3-2-5-11(13)16(19)20/h2-3,5,7,12,14H,4,6,8-10H2,1H3/t12-,14+/m0/s1. The van der Waals surface area contributed by atoms with Crippen molar-refractivity contribution in [3.05, 3.63) is 40.4 Å². The molecular formula is C16H19N3O. The minimum atomic E-state index is 0.136. The lowest BCUT2D eigenvalue weighted by atomic mass is 9.84. The van der Waals surface area contributed by atoms with Gasteiger partial charge in [0.05, 0.1) is 10.9 Å². The molecule has 2 aromatic rings. The van der Waals surface area contributed by atoms with Crippen molar-refractivity contribution in [3.63, 3.8) is 0 Å². The van der Waals surface area contributed by atoms with Gasteiger partial charge in [0.15, 0.2) is 0 Å². The Labute approximate surface area is 118 Å². The average Bonchev–Trinajstić information content (AvgIpc) is 2.48. The van der Waals surface area contributed by atoms with E-state index in [9.17, 15) is 4.79 Å². The van der Waals surface area contributed by atoms with Gasteiger partial charge in [-0.1, -0.05) is 12.1 Å². The molecule has 20 heavy (non-hydrogen) atoms. The number of likely N-dealkylation sites (N-methyl/N-ethyl adjacent to an activating group) is 1. The molecule has 1 saturated heterocycles. The number of benzene rings is 1. The van der Waals surface area contributed by atoms with Crippen molar-refractivity contribution in [1.29, 1.82) is 0 Å². The predicted molar refractivity (Wildman–Crippen MR) is 79.0 cm³/mol. The van der Waals surface area contributed by atoms with E-state index in [4.69, 9.17) is 4.98 Å². The van der Waals surface area contributed by atoms with Crippen LogP contribution < -0.4 is 5.56 Å². The van der Waals surface area contributed by atoms with E-state index in [2.05, 4.69) is 11.9 Å². The van der Waals surface area contributed by atoms with Crippen LogP contribution in [0.25, 0.3) is 10.9 Å². The molecule has 0 bridgehead atoms. The third-order valence-electron chi connectivity index (χ3n) is 4.93. The summed E-state index contributed by atoms with van der Waals surface area (Å²) < 4.78 is 1.92. The summed E-state index contributed by atoms with van der Waals surface area (Å²) in [4.78, 5) is 19.9. The minimum absolute atomic E-state index is 0.136. The van der Waals surface area contributed by atoms with Gasteiger partial charge in [-0.25, -0.2) is 4.98 Å². The Morgan fingerprint density at radius 3 is 2.95 bits per heavy atom. The summed E-state index contributed by atoms with van der Waals surface area (Å²) >= 11 is 0. The van der Waals surface area contributed by atoms with E-state index in [0.29, 0.717) is 12.0 Å². The average molecular weight is 269 g/mol. The molecule has 4 nitrogen and oxygen atoms in total. The van der Waals surface area contributed by atoms with Gasteiger partial charge in [0.1, 0.15) is 5.82 Å². The second-order valence-electron chi connectivity index (χ2n) is 6.03. The van der Waals surface area contributed by atoms with Crippen molar-refractivity contribution in [2.45, 2.75) is 37.8 Å². The summed E-state index contributed by atoms with van der Waals surface area (Å²) in [7, 11) is 2.20. The Kier molecular flexibility index (Phi) is 2.67. The Balaban J connectivity index is 1.94. The van der Waals surface area contributed by atoms with E-state index in [1.807, 2.05) is 28.8 Å². The third-order valence-corrected chi connectivity index (χ3v) is 4.93. The first kappa shape index (κ1) is 12.1. The molecule has 0 amide bonds. The predicted octanol–water partition coefficient (Wildman–Crippen LogP) is 1.98. The molecule has 2 aliphatic rings. The molecule has 0 spiro atoms. The van der Waals surface area contributed by atoms with Crippen LogP contribution in [0.4, 0.5) is 0 Å². The maximum atomic E-state index is 12.6. The zero-order valence-electron chi connectivity index (χ0n) is 11.7. The number of aromatic nitrogens is 2. The van der Waals surface area contributed by atoms with Crippen LogP contribution in [0.2, 0.25) is 0 Å². The maximum Gasteiger partial charge on any atom is 0.261 e. The maximum absolute atomic E-state index is 12.6. The van der Waals surface area contributed by atoms with Crippen molar-refractivity contribution < 1.29 is 0 Å². The first-order valence-corrected chi connectivity index (χ1v) is 7.45. The second-order valence-corrected chi connectivity index (χ2v) is 6.03. The number of rotatable bonds is 0. The number of nitrogens with zero attached hydrogens (tertiary/aromatic N) is 3. The fourth-order valence-corrected chi connectivity index (χ4v) is 3.89. The topological polar surface area (TPSA) is 38.1 Å². The molecule has 1 aromatic heterocycles. The number of hydrogen-bond acceptors (Lipinski definition) is 3. The molecule has 0 N–H and O–H groups in total. The van der Waals surface area contributed by atoms with Gasteiger partial charge in [-0.15, -0.1) is 0 Å². The van der Waals surface area contributed by atoms with Crippen LogP contribution in [0, 0.1) is 0 Å². The second kappa shape index (κ2) is 4.42. The third kappa shape index (κ3) is 1.64. The first-order valence-electron chi connectivity index (χ1n) is 7.45. The summed E-state index contributed by atoms with van der Waals surface area (Å²) in [5.74, 6) is 1.43. The van der Waals surface area contributed by atoms with Gasteiger partial charge in [-0.3, -0.25) is 9.36 Å². The molecular weight excluding hydrogens is 250 g/mol. The highest BCUT2D eigenvalue weighted by molar-refractivity contribution is 5.77. The number of likely N-dealkylation sites (tertiary alicyclic amines) is 1. The van der Waals surface area contributed by atoms with Crippen LogP contribution in [0.15, 0.2) is 29.1 Å². The van der Waals surface area contributed by atoms with Crippen molar-refractivity contribution in [3.8, 4) is 0 Å². The summed E-state index contributed by atoms with van der Waals surface area (Å²) in [6.45, 7) is 1.97. The molecule has 2 aliphatic heterocycles. The van der Waals surface area contributed by atoms with Crippen LogP contribution in [0.1, 0.15) is 31.0 Å². The van der Waals surface area contributed by atoms with Gasteiger partial charge in [-0.05, 0) is 45.0 Å². The molecule has 0 radical (unpaired) electrons. The number of hydrogen-bond donors (Lipinski definition) is 0. The lowest BCUT2D eigenvalue weighted by molar-refractivity contribution is 0.123. The number of piperidine rings is 1. The quantitative estimate of drug-likeness (QED) is 0.734. The van der Waals surface area contributed by atoms with Crippen LogP contribution in [-0.2, 0) is 6.54 Å². The van der Waals surface area contributed by atoms with Crippen LogP contribution in [-0.4, -0.2) is 34.1 Å². The molecule has 4 heteroatoms. The van der Waals surface area contributed by atoms with Crippen molar-refractivity contribution in [2.24, 2.45) is 0 Å². The fraction of sp³-hybridized carbons (Fsp3) is 0.500. The van der Waals surface area contributed by atoms with Crippen LogP contribution >= 0.6 is 0 Å². The minimum Gasteiger partial charge on any atom is -0.303 e. The monoisotopic (exact) mass is 269 g/mol. The molecule has 3 heterocycles. The van der Waals surface area contributed by atoms with Gasteiger partial charge in [-0.2, -0.15) is 0 Å². The summed E-state index contributed by atoms with van der Waals surface area (Å²) in [5, 5.41) is 0.749. The van der Waals surface area contributed by atoms with E-state index in [0.717, 1.165) is 36.1 Å². The van der Waals surface area contributed by atoms with Gasteiger partial charge >= 0.3 is 0 Å². The zero-order valence-corrected chi connectivity index (χ0v) is 11.7. The fourth-order valence-electron chi connectivity index (χ4n) is 3.89. The molecule has 1 fully saturated rings. The van der Waals surface area contributed by atoms with Gasteiger partial charge in [0.25, 0.3) is 5.56 Å². The molecule has 0 unspecified atom stereocenters. The Morgan fingerprint density at radius 1 is 1.20 bits per heavy atom. The van der Waals surface area contributed by atoms with E-state index in [-0.39, 0.29) is 5.56 Å². The Hall–Kier alpha value is -1.68. The largest absolute Gasteiger partial charge is 0.303 e. The molecule has 4 rings (SSSR count). The van der Waals surface area contributed by atoms with Crippen molar-refractivity contribution in [2.75, 3.05) is 13.6 Å². The number of fused-ring (bicyclic) bond motifs is 4. The van der Waals surface area contributed by atoms with Gasteiger partial charge in [0.2, 0.25) is 0 Å². The molecule has 1 aromatic carbocycles. The van der Waals surface area contributed by atoms with Crippen molar-refractivity contribution >= 4 is 10.9 Å². The van der Waals surface area contributed by atoms with Gasteiger partial charge in [0, 0.05) is 18.5 Å². The summed E-state index contributed by atoms with van der Waals surface area (Å²) in [6.07, 6.45) is 3.41. The van der Waals surface area contributed by atoms with Crippen LogP contribution in [0.3, 0.4) is 0 Å². The van der Waals surface area contributed by atoms with Gasteiger partial charge < -0.3 is 4.90 Å². The number of para-hydroxylation sites is 1. The molecule has 2 atom stereocenters. The van der Waals surface area contributed by atoms with Crippen molar-refractivity contribution in [1.82, 2.24) is 14.5 Å². The first-order chi connectivity index (χ1) is 9.75. The molecule has 0 saturated carbocycles.